The SMILES string of the molecule is CCC(=O)Nc1ccc(OC)c2ncccc12. The highest BCUT2D eigenvalue weighted by molar-refractivity contribution is 6.02. The third-order valence-corrected chi connectivity index (χ3v) is 2.55. The Kier molecular flexibility index (Phi) is 3.23. The second kappa shape index (κ2) is 4.82. The van der Waals surface area contributed by atoms with Gasteiger partial charge in [-0.15, -0.1) is 0 Å². The fourth-order valence-electron chi connectivity index (χ4n) is 1.66. The maximum Gasteiger partial charge on any atom is 0.224 e. The number of nitrogens with zero attached hydrogens (tertiary/aromatic N) is 1. The van der Waals surface area contributed by atoms with Gasteiger partial charge >= 0.3 is 0 Å². The fourth-order valence-corrected chi connectivity index (χ4v) is 1.66. The second-order valence-electron chi connectivity index (χ2n) is 3.62. The van der Waals surface area contributed by atoms with Crippen LogP contribution in [0.4, 0.5) is 5.69 Å². The lowest BCUT2D eigenvalue weighted by molar-refractivity contribution is -0.115. The summed E-state index contributed by atoms with van der Waals surface area (Å²) < 4.78 is 5.24. The molecule has 17 heavy (non-hydrogen) atoms. The first-order chi connectivity index (χ1) is 8.26. The minimum Gasteiger partial charge on any atom is -0.494 e. The normalized spacial score (nSPS) is 10.2. The van der Waals surface area contributed by atoms with Gasteiger partial charge in [0.2, 0.25) is 5.91 Å². The van der Waals surface area contributed by atoms with Crippen LogP contribution in [0.2, 0.25) is 0 Å². The molecule has 2 rings (SSSR count). The largest absolute Gasteiger partial charge is 0.494 e. The topological polar surface area (TPSA) is 51.2 Å². The molecule has 88 valence electrons. The van der Waals surface area contributed by atoms with Crippen LogP contribution in [0.1, 0.15) is 13.3 Å². The van der Waals surface area contributed by atoms with Crippen LogP contribution in [-0.2, 0) is 4.79 Å². The van der Waals surface area contributed by atoms with Crippen molar-refractivity contribution in [2.24, 2.45) is 0 Å². The number of rotatable bonds is 3. The summed E-state index contributed by atoms with van der Waals surface area (Å²) in [6.45, 7) is 1.82. The summed E-state index contributed by atoms with van der Waals surface area (Å²) in [5, 5.41) is 3.73. The van der Waals surface area contributed by atoms with E-state index in [-0.39, 0.29) is 5.91 Å². The first-order valence-corrected chi connectivity index (χ1v) is 5.47. The highest BCUT2D eigenvalue weighted by Gasteiger charge is 2.08. The summed E-state index contributed by atoms with van der Waals surface area (Å²) in [5.41, 5.74) is 1.52. The number of pyridine rings is 1. The van der Waals surface area contributed by atoms with E-state index in [1.54, 1.807) is 19.4 Å². The van der Waals surface area contributed by atoms with Gasteiger partial charge in [-0.3, -0.25) is 9.78 Å². The molecule has 0 aliphatic rings. The molecule has 1 N–H and O–H groups in total. The van der Waals surface area contributed by atoms with Crippen LogP contribution in [0.25, 0.3) is 10.9 Å². The number of methoxy groups -OCH3 is 1. The molecule has 0 bridgehead atoms. The van der Waals surface area contributed by atoms with Crippen LogP contribution in [-0.4, -0.2) is 18.0 Å². The van der Waals surface area contributed by atoms with Crippen LogP contribution < -0.4 is 10.1 Å². The number of hydrogen-bond acceptors (Lipinski definition) is 3. The van der Waals surface area contributed by atoms with E-state index in [9.17, 15) is 4.79 Å². The molecular formula is C13H14N2O2. The number of carbonyl (C=O) groups is 1. The molecule has 0 saturated heterocycles. The van der Waals surface area contributed by atoms with Gasteiger partial charge in [-0.1, -0.05) is 6.92 Å². The van der Waals surface area contributed by atoms with Crippen molar-refractivity contribution in [1.82, 2.24) is 4.98 Å². The first-order valence-electron chi connectivity index (χ1n) is 5.47. The highest BCUT2D eigenvalue weighted by atomic mass is 16.5. The lowest BCUT2D eigenvalue weighted by Crippen LogP contribution is -2.09. The van der Waals surface area contributed by atoms with E-state index in [0.29, 0.717) is 12.2 Å². The number of amides is 1. The van der Waals surface area contributed by atoms with E-state index in [1.165, 1.54) is 0 Å². The molecule has 0 saturated carbocycles. The van der Waals surface area contributed by atoms with E-state index in [2.05, 4.69) is 10.3 Å². The minimum atomic E-state index is -0.0136. The average Bonchev–Trinajstić information content (AvgIpc) is 2.39. The number of carbonyl (C=O) groups excluding carboxylic acids is 1. The quantitative estimate of drug-likeness (QED) is 0.881. The predicted molar refractivity (Wildman–Crippen MR) is 67.2 cm³/mol. The molecule has 0 spiro atoms. The van der Waals surface area contributed by atoms with E-state index in [0.717, 1.165) is 16.6 Å². The van der Waals surface area contributed by atoms with Crippen molar-refractivity contribution in [3.05, 3.63) is 30.5 Å². The minimum absolute atomic E-state index is 0.0136. The van der Waals surface area contributed by atoms with Gasteiger partial charge in [0.05, 0.1) is 12.8 Å². The smallest absolute Gasteiger partial charge is 0.224 e. The van der Waals surface area contributed by atoms with Gasteiger partial charge in [0.1, 0.15) is 11.3 Å². The molecule has 1 aromatic carbocycles. The summed E-state index contributed by atoms with van der Waals surface area (Å²) in [7, 11) is 1.60. The van der Waals surface area contributed by atoms with Gasteiger partial charge in [-0.05, 0) is 24.3 Å². The Morgan fingerprint density at radius 3 is 2.94 bits per heavy atom. The van der Waals surface area contributed by atoms with Crippen molar-refractivity contribution < 1.29 is 9.53 Å². The highest BCUT2D eigenvalue weighted by Crippen LogP contribution is 2.29. The Morgan fingerprint density at radius 2 is 2.24 bits per heavy atom. The zero-order valence-electron chi connectivity index (χ0n) is 9.86. The van der Waals surface area contributed by atoms with Crippen LogP contribution in [0.5, 0.6) is 5.75 Å². The van der Waals surface area contributed by atoms with Crippen molar-refractivity contribution in [1.29, 1.82) is 0 Å². The van der Waals surface area contributed by atoms with Gasteiger partial charge in [-0.25, -0.2) is 0 Å². The number of hydrogen-bond donors (Lipinski definition) is 1. The van der Waals surface area contributed by atoms with Crippen LogP contribution in [0.3, 0.4) is 0 Å². The maximum atomic E-state index is 11.4. The number of aromatic nitrogens is 1. The molecule has 0 fully saturated rings. The van der Waals surface area contributed by atoms with Crippen molar-refractivity contribution in [2.75, 3.05) is 12.4 Å². The number of fused-ring (bicyclic) bond motifs is 1. The molecule has 0 aliphatic heterocycles. The zero-order chi connectivity index (χ0) is 12.3. The monoisotopic (exact) mass is 230 g/mol. The Hall–Kier alpha value is -2.10. The summed E-state index contributed by atoms with van der Waals surface area (Å²) in [5.74, 6) is 0.690. The number of nitrogens with one attached hydrogen (secondary N) is 1. The molecule has 0 atom stereocenters. The van der Waals surface area contributed by atoms with Gasteiger partial charge in [0.15, 0.2) is 0 Å². The van der Waals surface area contributed by atoms with E-state index >= 15 is 0 Å². The summed E-state index contributed by atoms with van der Waals surface area (Å²) in [6.07, 6.45) is 2.16. The van der Waals surface area contributed by atoms with Crippen molar-refractivity contribution in [3.63, 3.8) is 0 Å². The molecule has 1 aromatic heterocycles. The Labute approximate surface area is 99.6 Å². The second-order valence-corrected chi connectivity index (χ2v) is 3.62. The Balaban J connectivity index is 2.54. The van der Waals surface area contributed by atoms with E-state index in [1.807, 2.05) is 25.1 Å². The van der Waals surface area contributed by atoms with Crippen molar-refractivity contribution in [2.45, 2.75) is 13.3 Å². The van der Waals surface area contributed by atoms with Crippen LogP contribution in [0.15, 0.2) is 30.5 Å². The van der Waals surface area contributed by atoms with E-state index < -0.39 is 0 Å². The molecule has 0 unspecified atom stereocenters. The molecule has 2 aromatic rings. The molecule has 1 heterocycles. The number of benzene rings is 1. The van der Waals surface area contributed by atoms with Gasteiger partial charge in [-0.2, -0.15) is 0 Å². The van der Waals surface area contributed by atoms with Crippen molar-refractivity contribution >= 4 is 22.5 Å². The molecule has 4 nitrogen and oxygen atoms in total. The summed E-state index contributed by atoms with van der Waals surface area (Å²) in [6, 6.07) is 7.39. The molecule has 1 amide bonds. The van der Waals surface area contributed by atoms with Gasteiger partial charge in [0, 0.05) is 18.0 Å². The fraction of sp³-hybridized carbons (Fsp3) is 0.231. The molecule has 4 heteroatoms. The number of anilines is 1. The third kappa shape index (κ3) is 2.20. The first kappa shape index (κ1) is 11.4. The summed E-state index contributed by atoms with van der Waals surface area (Å²) >= 11 is 0. The lowest BCUT2D eigenvalue weighted by Gasteiger charge is -2.10. The van der Waals surface area contributed by atoms with Gasteiger partial charge in [0.25, 0.3) is 0 Å². The zero-order valence-corrected chi connectivity index (χ0v) is 9.86. The Morgan fingerprint density at radius 1 is 1.41 bits per heavy atom. The predicted octanol–water partition coefficient (Wildman–Crippen LogP) is 2.59. The Bertz CT molecular complexity index is 552. The van der Waals surface area contributed by atoms with E-state index in [4.69, 9.17) is 4.74 Å². The van der Waals surface area contributed by atoms with Crippen LogP contribution >= 0.6 is 0 Å². The molecule has 0 aliphatic carbocycles. The third-order valence-electron chi connectivity index (χ3n) is 2.55. The lowest BCUT2D eigenvalue weighted by atomic mass is 10.1. The summed E-state index contributed by atoms with van der Waals surface area (Å²) in [4.78, 5) is 15.7. The maximum absolute atomic E-state index is 11.4. The molecular weight excluding hydrogens is 216 g/mol. The van der Waals surface area contributed by atoms with Crippen molar-refractivity contribution in [3.8, 4) is 5.75 Å². The van der Waals surface area contributed by atoms with Crippen LogP contribution in [0, 0.1) is 0 Å². The van der Waals surface area contributed by atoms with Gasteiger partial charge < -0.3 is 10.1 Å². The standard InChI is InChI=1S/C13H14N2O2/c1-3-12(16)15-10-6-7-11(17-2)13-9(10)5-4-8-14-13/h4-8H,3H2,1-2H3,(H,15,16). The number of ether oxygens (including phenoxy) is 1. The average molecular weight is 230 g/mol. The molecule has 0 radical (unpaired) electrons.